The van der Waals surface area contributed by atoms with E-state index in [-0.39, 0.29) is 0 Å². The van der Waals surface area contributed by atoms with Crippen LogP contribution in [-0.4, -0.2) is 26.7 Å². The zero-order chi connectivity index (χ0) is 7.70. The van der Waals surface area contributed by atoms with Gasteiger partial charge in [0.25, 0.3) is 6.47 Å². The summed E-state index contributed by atoms with van der Waals surface area (Å²) in [6.45, 7) is 0.375. The number of rotatable bonds is 1. The van der Waals surface area contributed by atoms with Crippen LogP contribution in [-0.2, 0) is 9.53 Å². The smallest absolute Gasteiger partial charge is 0.311 e. The molecule has 5 heteroatoms. The topological polar surface area (TPSA) is 81.4 Å². The van der Waals surface area contributed by atoms with Crippen LogP contribution in [0.3, 0.4) is 0 Å². The molecule has 0 saturated heterocycles. The van der Waals surface area contributed by atoms with Gasteiger partial charge in [-0.15, -0.1) is 0 Å². The van der Waals surface area contributed by atoms with Crippen LogP contribution >= 0.6 is 0 Å². The molecule has 0 aliphatic rings. The first kappa shape index (κ1) is 10.7. The minimum Gasteiger partial charge on any atom is -0.471 e. The van der Waals surface area contributed by atoms with Crippen molar-refractivity contribution in [1.82, 2.24) is 5.32 Å². The Hall–Kier alpha value is -1.26. The molecule has 0 unspecified atom stereocenters. The average molecular weight is 134 g/mol. The van der Waals surface area contributed by atoms with Crippen LogP contribution in [0.4, 0.5) is 4.79 Å². The Bertz CT molecular complexity index is 83.9. The van der Waals surface area contributed by atoms with Gasteiger partial charge in [0.2, 0.25) is 0 Å². The lowest BCUT2D eigenvalue weighted by atomic mass is 11.1. The molecule has 5 nitrogen and oxygen atoms in total. The number of amides is 2. The van der Waals surface area contributed by atoms with Crippen molar-refractivity contribution in [1.29, 1.82) is 0 Å². The normalized spacial score (nSPS) is 6.00. The van der Waals surface area contributed by atoms with Gasteiger partial charge in [-0.05, 0) is 0 Å². The lowest BCUT2D eigenvalue weighted by Crippen LogP contribution is -2.24. The van der Waals surface area contributed by atoms with Crippen molar-refractivity contribution in [2.45, 2.75) is 0 Å². The van der Waals surface area contributed by atoms with Crippen LogP contribution in [0, 0.1) is 0 Å². The SMILES string of the molecule is CNC(N)=O.COC=O. The predicted octanol–water partition coefficient (Wildman–Crippen LogP) is -0.926. The Morgan fingerprint density at radius 3 is 2.00 bits per heavy atom. The second kappa shape index (κ2) is 9.88. The molecule has 0 aromatic rings. The van der Waals surface area contributed by atoms with E-state index >= 15 is 0 Å². The molecule has 0 aliphatic carbocycles. The van der Waals surface area contributed by atoms with Crippen molar-refractivity contribution in [2.75, 3.05) is 14.2 Å². The Morgan fingerprint density at radius 1 is 1.78 bits per heavy atom. The molecule has 0 heterocycles. The third-order valence-electron chi connectivity index (χ3n) is 0.343. The Labute approximate surface area is 53.2 Å². The molecule has 0 radical (unpaired) electrons. The Morgan fingerprint density at radius 2 is 2.00 bits per heavy atom. The number of ether oxygens (including phenoxy) is 1. The molecule has 0 spiro atoms. The number of methoxy groups -OCH3 is 1. The molecule has 0 aromatic heterocycles. The first-order chi connectivity index (χ1) is 4.18. The van der Waals surface area contributed by atoms with Gasteiger partial charge in [-0.25, -0.2) is 4.79 Å². The molecule has 0 aromatic carbocycles. The van der Waals surface area contributed by atoms with Crippen molar-refractivity contribution in [3.8, 4) is 0 Å². The highest BCUT2D eigenvalue weighted by Crippen LogP contribution is 1.38. The fourth-order valence-electron chi connectivity index (χ4n) is 0. The third-order valence-corrected chi connectivity index (χ3v) is 0.343. The summed E-state index contributed by atoms with van der Waals surface area (Å²) in [7, 11) is 2.79. The summed E-state index contributed by atoms with van der Waals surface area (Å²) < 4.78 is 3.86. The lowest BCUT2D eigenvalue weighted by molar-refractivity contribution is -0.126. The van der Waals surface area contributed by atoms with Gasteiger partial charge in [-0.3, -0.25) is 4.79 Å². The van der Waals surface area contributed by atoms with Crippen molar-refractivity contribution in [3.63, 3.8) is 0 Å². The van der Waals surface area contributed by atoms with Crippen LogP contribution in [0.2, 0.25) is 0 Å². The number of primary amides is 1. The predicted molar refractivity (Wildman–Crippen MR) is 31.7 cm³/mol. The van der Waals surface area contributed by atoms with Gasteiger partial charge in [0.15, 0.2) is 0 Å². The maximum Gasteiger partial charge on any atom is 0.311 e. The van der Waals surface area contributed by atoms with E-state index < -0.39 is 6.03 Å². The van der Waals surface area contributed by atoms with E-state index in [1.807, 2.05) is 0 Å². The van der Waals surface area contributed by atoms with E-state index in [0.717, 1.165) is 0 Å². The van der Waals surface area contributed by atoms with E-state index in [9.17, 15) is 4.79 Å². The molecule has 3 N–H and O–H groups in total. The highest BCUT2D eigenvalue weighted by Gasteiger charge is 1.72. The number of carbonyl (C=O) groups excluding carboxylic acids is 2. The molecule has 2 amide bonds. The van der Waals surface area contributed by atoms with Gasteiger partial charge >= 0.3 is 6.03 Å². The molecule has 0 aliphatic heterocycles. The summed E-state index contributed by atoms with van der Waals surface area (Å²) in [6, 6.07) is -0.495. The van der Waals surface area contributed by atoms with E-state index in [1.165, 1.54) is 14.2 Å². The van der Waals surface area contributed by atoms with E-state index in [4.69, 9.17) is 4.79 Å². The molecule has 0 fully saturated rings. The molecule has 54 valence electrons. The van der Waals surface area contributed by atoms with Gasteiger partial charge in [0.1, 0.15) is 0 Å². The third kappa shape index (κ3) is 50.0. The summed E-state index contributed by atoms with van der Waals surface area (Å²) in [5.41, 5.74) is 4.54. The molecule has 0 rings (SSSR count). The summed E-state index contributed by atoms with van der Waals surface area (Å²) in [5, 5.41) is 2.17. The highest BCUT2D eigenvalue weighted by atomic mass is 16.5. The standard InChI is InChI=1S/C2H6N2O.C2H4O2/c1-4-2(3)5;1-4-2-3/h1H3,(H3,3,4,5);2H,1H3. The zero-order valence-electron chi connectivity index (χ0n) is 5.38. The molecule has 0 bridgehead atoms. The first-order valence-electron chi connectivity index (χ1n) is 2.12. The summed E-state index contributed by atoms with van der Waals surface area (Å²) in [6.07, 6.45) is 0. The van der Waals surface area contributed by atoms with Crippen LogP contribution in [0.15, 0.2) is 0 Å². The van der Waals surface area contributed by atoms with Gasteiger partial charge in [-0.1, -0.05) is 0 Å². The summed E-state index contributed by atoms with van der Waals surface area (Å²) in [4.78, 5) is 18.4. The zero-order valence-corrected chi connectivity index (χ0v) is 5.38. The van der Waals surface area contributed by atoms with Crippen molar-refractivity contribution in [2.24, 2.45) is 5.73 Å². The number of nitrogens with two attached hydrogens (primary N) is 1. The minimum atomic E-state index is -0.495. The molecule has 9 heavy (non-hydrogen) atoms. The maximum atomic E-state index is 9.48. The lowest BCUT2D eigenvalue weighted by Gasteiger charge is -1.80. The van der Waals surface area contributed by atoms with Gasteiger partial charge in [0.05, 0.1) is 7.11 Å². The minimum absolute atomic E-state index is 0.375. The van der Waals surface area contributed by atoms with Crippen molar-refractivity contribution in [3.05, 3.63) is 0 Å². The fraction of sp³-hybridized carbons (Fsp3) is 0.500. The van der Waals surface area contributed by atoms with E-state index in [1.54, 1.807) is 0 Å². The fourth-order valence-corrected chi connectivity index (χ4v) is 0. The Balaban J connectivity index is 0. The second-order valence-electron chi connectivity index (χ2n) is 0.946. The average Bonchev–Trinajstić information content (AvgIpc) is 1.89. The van der Waals surface area contributed by atoms with Crippen LogP contribution in [0.25, 0.3) is 0 Å². The maximum absolute atomic E-state index is 9.48. The van der Waals surface area contributed by atoms with E-state index in [0.29, 0.717) is 6.47 Å². The van der Waals surface area contributed by atoms with Crippen molar-refractivity contribution < 1.29 is 14.3 Å². The first-order valence-corrected chi connectivity index (χ1v) is 2.12. The monoisotopic (exact) mass is 134 g/mol. The number of hydrogen-bond acceptors (Lipinski definition) is 3. The second-order valence-corrected chi connectivity index (χ2v) is 0.946. The molecular formula is C4H10N2O3. The Kier molecular flexibility index (Phi) is 11.7. The van der Waals surface area contributed by atoms with Gasteiger partial charge < -0.3 is 15.8 Å². The number of urea groups is 1. The van der Waals surface area contributed by atoms with Crippen LogP contribution < -0.4 is 11.1 Å². The van der Waals surface area contributed by atoms with Gasteiger partial charge in [-0.2, -0.15) is 0 Å². The molecule has 0 atom stereocenters. The molecular weight excluding hydrogens is 124 g/mol. The van der Waals surface area contributed by atoms with Crippen molar-refractivity contribution >= 4 is 12.5 Å². The summed E-state index contributed by atoms with van der Waals surface area (Å²) in [5.74, 6) is 0. The number of carbonyl (C=O) groups is 2. The highest BCUT2D eigenvalue weighted by molar-refractivity contribution is 5.71. The van der Waals surface area contributed by atoms with E-state index in [2.05, 4.69) is 15.8 Å². The number of nitrogens with one attached hydrogen (secondary N) is 1. The van der Waals surface area contributed by atoms with Gasteiger partial charge in [0, 0.05) is 7.05 Å². The van der Waals surface area contributed by atoms with Crippen LogP contribution in [0.1, 0.15) is 0 Å². The van der Waals surface area contributed by atoms with Crippen LogP contribution in [0.5, 0.6) is 0 Å². The number of hydrogen-bond donors (Lipinski definition) is 2. The molecule has 0 saturated carbocycles. The quantitative estimate of drug-likeness (QED) is 0.455. The largest absolute Gasteiger partial charge is 0.471 e. The summed E-state index contributed by atoms with van der Waals surface area (Å²) >= 11 is 0.